The third-order valence-corrected chi connectivity index (χ3v) is 4.17. The first-order valence-corrected chi connectivity index (χ1v) is 7.57. The summed E-state index contributed by atoms with van der Waals surface area (Å²) in [6.07, 6.45) is 5.23. The van der Waals surface area contributed by atoms with Crippen molar-refractivity contribution in [1.29, 1.82) is 5.26 Å². The molecule has 3 heteroatoms. The Labute approximate surface area is 121 Å². The van der Waals surface area contributed by atoms with Crippen LogP contribution in [0.3, 0.4) is 0 Å². The van der Waals surface area contributed by atoms with Crippen LogP contribution in [0.4, 0.5) is 5.69 Å². The van der Waals surface area contributed by atoms with Crippen LogP contribution >= 0.6 is 0 Å². The van der Waals surface area contributed by atoms with Gasteiger partial charge in [-0.25, -0.2) is 0 Å². The van der Waals surface area contributed by atoms with Crippen LogP contribution in [-0.2, 0) is 0 Å². The molecule has 1 aromatic carbocycles. The first kappa shape index (κ1) is 14.7. The second kappa shape index (κ2) is 7.19. The van der Waals surface area contributed by atoms with E-state index in [2.05, 4.69) is 25.2 Å². The topological polar surface area (TPSA) is 45.0 Å². The van der Waals surface area contributed by atoms with E-state index in [9.17, 15) is 0 Å². The van der Waals surface area contributed by atoms with Gasteiger partial charge in [0.2, 0.25) is 0 Å². The molecule has 1 saturated carbocycles. The Morgan fingerprint density at radius 2 is 2.15 bits per heavy atom. The Balaban J connectivity index is 2.02. The molecule has 0 radical (unpaired) electrons. The fourth-order valence-corrected chi connectivity index (χ4v) is 3.14. The predicted molar refractivity (Wildman–Crippen MR) is 81.8 cm³/mol. The van der Waals surface area contributed by atoms with E-state index in [-0.39, 0.29) is 6.61 Å². The highest BCUT2D eigenvalue weighted by atomic mass is 16.5. The van der Waals surface area contributed by atoms with Crippen LogP contribution in [-0.4, -0.2) is 12.6 Å². The number of hydrogen-bond acceptors (Lipinski definition) is 3. The maximum Gasteiger partial charge on any atom is 0.174 e. The maximum atomic E-state index is 8.56. The molecule has 2 rings (SSSR count). The van der Waals surface area contributed by atoms with Gasteiger partial charge in [-0.1, -0.05) is 32.8 Å². The summed E-state index contributed by atoms with van der Waals surface area (Å²) < 4.78 is 5.36. The lowest BCUT2D eigenvalue weighted by atomic mass is 9.78. The summed E-state index contributed by atoms with van der Waals surface area (Å²) in [5, 5.41) is 12.2. The van der Waals surface area contributed by atoms with Crippen molar-refractivity contribution in [3.63, 3.8) is 0 Å². The van der Waals surface area contributed by atoms with Crippen molar-refractivity contribution < 1.29 is 4.74 Å². The molecule has 0 heterocycles. The van der Waals surface area contributed by atoms with Crippen molar-refractivity contribution in [1.82, 2.24) is 0 Å². The molecule has 1 aliphatic carbocycles. The molecule has 3 nitrogen and oxygen atoms in total. The molecule has 2 unspecified atom stereocenters. The Morgan fingerprint density at radius 1 is 1.35 bits per heavy atom. The lowest BCUT2D eigenvalue weighted by molar-refractivity contribution is 0.254. The average Bonchev–Trinajstić information content (AvgIpc) is 2.46. The second-order valence-corrected chi connectivity index (χ2v) is 5.92. The number of benzene rings is 1. The van der Waals surface area contributed by atoms with Gasteiger partial charge in [-0.3, -0.25) is 0 Å². The summed E-state index contributed by atoms with van der Waals surface area (Å²) in [4.78, 5) is 0. The van der Waals surface area contributed by atoms with E-state index >= 15 is 0 Å². The van der Waals surface area contributed by atoms with Crippen molar-refractivity contribution in [2.45, 2.75) is 45.6 Å². The maximum absolute atomic E-state index is 8.56. The van der Waals surface area contributed by atoms with Gasteiger partial charge in [-0.05, 0) is 36.8 Å². The molecular formula is C17H24N2O. The number of nitriles is 1. The van der Waals surface area contributed by atoms with Crippen molar-refractivity contribution in [3.8, 4) is 11.8 Å². The van der Waals surface area contributed by atoms with E-state index in [1.54, 1.807) is 0 Å². The molecule has 1 aromatic rings. The summed E-state index contributed by atoms with van der Waals surface area (Å²) in [6, 6.07) is 10.5. The van der Waals surface area contributed by atoms with Gasteiger partial charge >= 0.3 is 0 Å². The molecule has 0 amide bonds. The average molecular weight is 272 g/mol. The molecular weight excluding hydrogens is 248 g/mol. The standard InChI is InChI=1S/C17H24N2O/c1-13(2)16-8-3-4-9-17(16)19-14-6-5-7-15(12-14)20-11-10-18/h5-7,12-13,16-17,19H,3-4,8-9,11H2,1-2H3. The highest BCUT2D eigenvalue weighted by Gasteiger charge is 2.27. The number of anilines is 1. The quantitative estimate of drug-likeness (QED) is 0.873. The fraction of sp³-hybridized carbons (Fsp3) is 0.588. The van der Waals surface area contributed by atoms with Gasteiger partial charge in [0.25, 0.3) is 0 Å². The Kier molecular flexibility index (Phi) is 5.29. The summed E-state index contributed by atoms with van der Waals surface area (Å²) in [5.41, 5.74) is 1.10. The largest absolute Gasteiger partial charge is 0.479 e. The van der Waals surface area contributed by atoms with Gasteiger partial charge in [0.15, 0.2) is 6.61 Å². The van der Waals surface area contributed by atoms with Crippen LogP contribution in [0.2, 0.25) is 0 Å². The minimum atomic E-state index is 0.0987. The third-order valence-electron chi connectivity index (χ3n) is 4.17. The van der Waals surface area contributed by atoms with E-state index in [4.69, 9.17) is 10.00 Å². The van der Waals surface area contributed by atoms with E-state index in [1.807, 2.05) is 24.3 Å². The van der Waals surface area contributed by atoms with Crippen LogP contribution in [0.15, 0.2) is 24.3 Å². The number of rotatable bonds is 5. The fourth-order valence-electron chi connectivity index (χ4n) is 3.14. The molecule has 108 valence electrons. The van der Waals surface area contributed by atoms with E-state index in [0.29, 0.717) is 12.0 Å². The van der Waals surface area contributed by atoms with Gasteiger partial charge < -0.3 is 10.1 Å². The van der Waals surface area contributed by atoms with E-state index in [1.165, 1.54) is 25.7 Å². The van der Waals surface area contributed by atoms with Crippen molar-refractivity contribution >= 4 is 5.69 Å². The molecule has 1 aliphatic rings. The second-order valence-electron chi connectivity index (χ2n) is 5.92. The number of nitrogens with one attached hydrogen (secondary N) is 1. The summed E-state index contributed by atoms with van der Waals surface area (Å²) >= 11 is 0. The first-order chi connectivity index (χ1) is 9.70. The minimum absolute atomic E-state index is 0.0987. The molecule has 0 spiro atoms. The zero-order valence-corrected chi connectivity index (χ0v) is 12.4. The van der Waals surface area contributed by atoms with Crippen LogP contribution in [0.1, 0.15) is 39.5 Å². The lowest BCUT2D eigenvalue weighted by Gasteiger charge is -2.35. The normalized spacial score (nSPS) is 22.3. The molecule has 1 fully saturated rings. The van der Waals surface area contributed by atoms with Gasteiger partial charge in [-0.15, -0.1) is 0 Å². The first-order valence-electron chi connectivity index (χ1n) is 7.57. The van der Waals surface area contributed by atoms with Crippen LogP contribution in [0, 0.1) is 23.2 Å². The van der Waals surface area contributed by atoms with Gasteiger partial charge in [-0.2, -0.15) is 5.26 Å². The molecule has 0 aliphatic heterocycles. The lowest BCUT2D eigenvalue weighted by Crippen LogP contribution is -2.35. The molecule has 1 N–H and O–H groups in total. The molecule has 0 aromatic heterocycles. The SMILES string of the molecule is CC(C)C1CCCCC1Nc1cccc(OCC#N)c1. The Hall–Kier alpha value is -1.69. The highest BCUT2D eigenvalue weighted by Crippen LogP contribution is 2.32. The molecule has 20 heavy (non-hydrogen) atoms. The third kappa shape index (κ3) is 3.90. The number of nitrogens with zero attached hydrogens (tertiary/aromatic N) is 1. The smallest absolute Gasteiger partial charge is 0.174 e. The van der Waals surface area contributed by atoms with Gasteiger partial charge in [0.1, 0.15) is 11.8 Å². The molecule has 0 bridgehead atoms. The molecule has 0 saturated heterocycles. The van der Waals surface area contributed by atoms with Crippen molar-refractivity contribution in [2.24, 2.45) is 11.8 Å². The van der Waals surface area contributed by atoms with Gasteiger partial charge in [0, 0.05) is 17.8 Å². The summed E-state index contributed by atoms with van der Waals surface area (Å²) in [5.74, 6) is 2.21. The van der Waals surface area contributed by atoms with Crippen molar-refractivity contribution in [3.05, 3.63) is 24.3 Å². The highest BCUT2D eigenvalue weighted by molar-refractivity contribution is 5.49. The van der Waals surface area contributed by atoms with E-state index < -0.39 is 0 Å². The van der Waals surface area contributed by atoms with E-state index in [0.717, 1.165) is 17.4 Å². The Morgan fingerprint density at radius 3 is 2.90 bits per heavy atom. The number of hydrogen-bond donors (Lipinski definition) is 1. The van der Waals surface area contributed by atoms with Crippen LogP contribution < -0.4 is 10.1 Å². The number of ether oxygens (including phenoxy) is 1. The van der Waals surface area contributed by atoms with Crippen LogP contribution in [0.5, 0.6) is 5.75 Å². The summed E-state index contributed by atoms with van der Waals surface area (Å²) in [6.45, 7) is 4.73. The minimum Gasteiger partial charge on any atom is -0.479 e. The Bertz CT molecular complexity index is 464. The monoisotopic (exact) mass is 272 g/mol. The zero-order chi connectivity index (χ0) is 14.4. The van der Waals surface area contributed by atoms with Crippen molar-refractivity contribution in [2.75, 3.05) is 11.9 Å². The van der Waals surface area contributed by atoms with Crippen LogP contribution in [0.25, 0.3) is 0 Å². The zero-order valence-electron chi connectivity index (χ0n) is 12.4. The molecule has 2 atom stereocenters. The van der Waals surface area contributed by atoms with Gasteiger partial charge in [0.05, 0.1) is 0 Å². The predicted octanol–water partition coefficient (Wildman–Crippen LogP) is 4.22. The summed E-state index contributed by atoms with van der Waals surface area (Å²) in [7, 11) is 0.